The summed E-state index contributed by atoms with van der Waals surface area (Å²) in [6.45, 7) is 8.40. The third-order valence-corrected chi connectivity index (χ3v) is 11.7. The molecule has 55 heavy (non-hydrogen) atoms. The van der Waals surface area contributed by atoms with Crippen molar-refractivity contribution in [1.29, 1.82) is 5.26 Å². The van der Waals surface area contributed by atoms with Crippen LogP contribution < -0.4 is 9.64 Å². The van der Waals surface area contributed by atoms with Crippen LogP contribution in [0.15, 0.2) is 43.1 Å². The Morgan fingerprint density at radius 1 is 1.22 bits per heavy atom. The number of nitriles is 1. The molecule has 0 saturated carbocycles. The van der Waals surface area contributed by atoms with Gasteiger partial charge in [0.25, 0.3) is 0 Å². The number of aromatic hydroxyl groups is 1. The first-order valence-electron chi connectivity index (χ1n) is 18.5. The molecule has 4 aliphatic rings. The van der Waals surface area contributed by atoms with E-state index in [1.54, 1.807) is 4.90 Å². The number of fused-ring (bicyclic) bond motifs is 4. The van der Waals surface area contributed by atoms with Crippen molar-refractivity contribution in [2.45, 2.75) is 56.4 Å². The van der Waals surface area contributed by atoms with Crippen molar-refractivity contribution in [3.63, 3.8) is 0 Å². The number of nitrogens with zero attached hydrogens (tertiary/aromatic N) is 7. The van der Waals surface area contributed by atoms with E-state index in [1.807, 2.05) is 11.8 Å². The van der Waals surface area contributed by atoms with Crippen molar-refractivity contribution < 1.29 is 32.5 Å². The molecule has 4 saturated heterocycles. The van der Waals surface area contributed by atoms with Crippen molar-refractivity contribution in [2.24, 2.45) is 11.8 Å². The second-order valence-electron chi connectivity index (χ2n) is 15.3. The fraction of sp³-hybridized carbons (Fsp3) is 0.439. The van der Waals surface area contributed by atoms with Gasteiger partial charge in [0.15, 0.2) is 5.82 Å². The number of halogens is 3. The molecule has 0 radical (unpaired) electrons. The molecule has 2 aromatic heterocycles. The molecular formula is C41H40F3N7O4. The lowest BCUT2D eigenvalue weighted by molar-refractivity contribution is -0.129. The van der Waals surface area contributed by atoms with Crippen molar-refractivity contribution in [1.82, 2.24) is 24.8 Å². The summed E-state index contributed by atoms with van der Waals surface area (Å²) < 4.78 is 59.0. The van der Waals surface area contributed by atoms with Crippen LogP contribution in [0.5, 0.6) is 11.8 Å². The van der Waals surface area contributed by atoms with Gasteiger partial charge in [0.2, 0.25) is 5.91 Å². The van der Waals surface area contributed by atoms with Gasteiger partial charge in [-0.05, 0) is 61.8 Å². The number of pyridine rings is 1. The number of terminal acetylenes is 1. The number of alkyl halides is 1. The summed E-state index contributed by atoms with van der Waals surface area (Å²) in [5.74, 6) is 0.496. The van der Waals surface area contributed by atoms with E-state index in [0.29, 0.717) is 37.5 Å². The lowest BCUT2D eigenvalue weighted by Gasteiger charge is -2.41. The highest BCUT2D eigenvalue weighted by Crippen LogP contribution is 2.42. The summed E-state index contributed by atoms with van der Waals surface area (Å²) in [6, 6.07) is 6.67. The molecule has 2 bridgehead atoms. The molecule has 1 unspecified atom stereocenters. The van der Waals surface area contributed by atoms with Gasteiger partial charge in [0.1, 0.15) is 41.4 Å². The molecule has 8 rings (SSSR count). The molecule has 14 heteroatoms. The van der Waals surface area contributed by atoms with E-state index < -0.39 is 35.3 Å². The van der Waals surface area contributed by atoms with Crippen LogP contribution in [0.2, 0.25) is 0 Å². The first-order chi connectivity index (χ1) is 26.5. The maximum atomic E-state index is 17.1. The number of hydrogen-bond donors (Lipinski definition) is 1. The van der Waals surface area contributed by atoms with Gasteiger partial charge < -0.3 is 24.4 Å². The second-order valence-corrected chi connectivity index (χ2v) is 15.3. The van der Waals surface area contributed by atoms with E-state index >= 15 is 8.78 Å². The average Bonchev–Trinajstić information content (AvgIpc) is 3.59. The van der Waals surface area contributed by atoms with Crippen molar-refractivity contribution in [3.05, 3.63) is 60.3 Å². The Kier molecular flexibility index (Phi) is 9.52. The largest absolute Gasteiger partial charge is 0.508 e. The van der Waals surface area contributed by atoms with E-state index in [2.05, 4.69) is 33.4 Å². The zero-order chi connectivity index (χ0) is 38.6. The molecular weight excluding hydrogens is 711 g/mol. The van der Waals surface area contributed by atoms with E-state index in [0.717, 1.165) is 12.8 Å². The molecule has 4 fully saturated rings. The Morgan fingerprint density at radius 2 is 2.02 bits per heavy atom. The van der Waals surface area contributed by atoms with Crippen LogP contribution in [0.25, 0.3) is 32.9 Å². The van der Waals surface area contributed by atoms with E-state index in [-0.39, 0.29) is 95.3 Å². The monoisotopic (exact) mass is 751 g/mol. The summed E-state index contributed by atoms with van der Waals surface area (Å²) in [5, 5.41) is 21.4. The normalized spacial score (nSPS) is 25.6. The molecule has 4 aliphatic heterocycles. The topological polar surface area (TPSA) is 128 Å². The highest BCUT2D eigenvalue weighted by Gasteiger charge is 2.49. The van der Waals surface area contributed by atoms with Crippen molar-refractivity contribution >= 4 is 33.4 Å². The zero-order valence-electron chi connectivity index (χ0n) is 30.3. The lowest BCUT2D eigenvalue weighted by atomic mass is 9.95. The van der Waals surface area contributed by atoms with Gasteiger partial charge in [0.05, 0.1) is 40.6 Å². The number of phenolic OH excluding ortho intramolecular Hbond substituents is 1. The minimum Gasteiger partial charge on any atom is -0.508 e. The smallest absolute Gasteiger partial charge is 0.319 e. The van der Waals surface area contributed by atoms with Crippen LogP contribution in [0.1, 0.15) is 38.2 Å². The standard InChI is InChI=1S/C41H40F3N7O4/c1-4-29-32(43)7-6-24-13-28(52)14-30(35(24)29)37-36(44)38-31(17-46-37)39(49-20-27-12-25(16-45)33(21-49)51(27)34(53)5-2)48-40(47-38)55-22-41(3)15-26(42)19-50(41)18-23-8-10-54-11-9-23/h1,5-7,13-14,17,23,25-27,33,52H,2,8-12,15,18-22H2,3H3/t25?,26-,27-,33-,41+/m1/s1. The molecule has 4 aromatic rings. The Balaban J connectivity index is 1.22. The number of aromatic nitrogens is 3. The first-order valence-corrected chi connectivity index (χ1v) is 18.5. The summed E-state index contributed by atoms with van der Waals surface area (Å²) in [6.07, 6.45) is 9.76. The summed E-state index contributed by atoms with van der Waals surface area (Å²) in [4.78, 5) is 32.4. The van der Waals surface area contributed by atoms with Gasteiger partial charge >= 0.3 is 6.01 Å². The average molecular weight is 752 g/mol. The number of rotatable bonds is 8. The Hall–Kier alpha value is -5.44. The number of anilines is 1. The molecule has 6 heterocycles. The predicted molar refractivity (Wildman–Crippen MR) is 199 cm³/mol. The molecule has 1 amide bonds. The van der Waals surface area contributed by atoms with Crippen LogP contribution in [-0.4, -0.2) is 106 Å². The SMILES string of the molecule is C#Cc1c(F)ccc2cc(O)cc(-c3ncc4c(N5C[C@H]6CC(C#N)[C@@H](C5)N6C(=O)C=C)nc(OC[C@]5(C)C[C@@H](F)CN5CC5CCOCC5)nc4c3F)c12. The Labute approximate surface area is 316 Å². The number of piperazine rings is 1. The van der Waals surface area contributed by atoms with Crippen LogP contribution in [0.3, 0.4) is 0 Å². The van der Waals surface area contributed by atoms with E-state index in [9.17, 15) is 19.6 Å². The predicted octanol–water partition coefficient (Wildman–Crippen LogP) is 5.53. The summed E-state index contributed by atoms with van der Waals surface area (Å²) in [7, 11) is 0. The van der Waals surface area contributed by atoms with Gasteiger partial charge in [-0.15, -0.1) is 6.42 Å². The van der Waals surface area contributed by atoms with Crippen LogP contribution in [0.4, 0.5) is 19.0 Å². The van der Waals surface area contributed by atoms with Crippen LogP contribution >= 0.6 is 0 Å². The molecule has 0 spiro atoms. The number of phenols is 1. The maximum Gasteiger partial charge on any atom is 0.319 e. The lowest BCUT2D eigenvalue weighted by Crippen LogP contribution is -2.56. The molecule has 5 atom stereocenters. The first kappa shape index (κ1) is 36.5. The minimum absolute atomic E-state index is 0.0204. The Bertz CT molecular complexity index is 2290. The van der Waals surface area contributed by atoms with E-state index in [4.69, 9.17) is 20.9 Å². The number of hydrogen-bond acceptors (Lipinski definition) is 10. The molecule has 1 N–H and O–H groups in total. The third kappa shape index (κ3) is 6.47. The van der Waals surface area contributed by atoms with Crippen molar-refractivity contribution in [3.8, 4) is 41.4 Å². The second kappa shape index (κ2) is 14.3. The highest BCUT2D eigenvalue weighted by atomic mass is 19.1. The van der Waals surface area contributed by atoms with E-state index in [1.165, 1.54) is 36.5 Å². The zero-order valence-corrected chi connectivity index (χ0v) is 30.3. The van der Waals surface area contributed by atoms with Gasteiger partial charge in [0, 0.05) is 63.0 Å². The number of carbonyl (C=O) groups is 1. The summed E-state index contributed by atoms with van der Waals surface area (Å²) in [5.41, 5.74) is -1.15. The number of benzene rings is 2. The molecule has 284 valence electrons. The van der Waals surface area contributed by atoms with Gasteiger partial charge in [-0.2, -0.15) is 15.2 Å². The van der Waals surface area contributed by atoms with Crippen LogP contribution in [-0.2, 0) is 9.53 Å². The third-order valence-electron chi connectivity index (χ3n) is 11.7. The Morgan fingerprint density at radius 3 is 2.76 bits per heavy atom. The number of carbonyl (C=O) groups excluding carboxylic acids is 1. The fourth-order valence-electron chi connectivity index (χ4n) is 9.03. The highest BCUT2D eigenvalue weighted by molar-refractivity contribution is 6.03. The molecule has 11 nitrogen and oxygen atoms in total. The number of ether oxygens (including phenoxy) is 2. The van der Waals surface area contributed by atoms with Gasteiger partial charge in [-0.25, -0.2) is 13.2 Å². The minimum atomic E-state index is -1.06. The molecule has 2 aromatic carbocycles. The summed E-state index contributed by atoms with van der Waals surface area (Å²) >= 11 is 0. The molecule has 0 aliphatic carbocycles. The van der Waals surface area contributed by atoms with Crippen LogP contribution in [0, 0.1) is 47.1 Å². The van der Waals surface area contributed by atoms with Gasteiger partial charge in [-0.1, -0.05) is 18.6 Å². The maximum absolute atomic E-state index is 17.1. The van der Waals surface area contributed by atoms with Crippen molar-refractivity contribution in [2.75, 3.05) is 50.9 Å². The quantitative estimate of drug-likeness (QED) is 0.181. The fourth-order valence-corrected chi connectivity index (χ4v) is 9.03. The van der Waals surface area contributed by atoms with Gasteiger partial charge in [-0.3, -0.25) is 14.7 Å². The number of amides is 1. The number of likely N-dealkylation sites (tertiary alicyclic amines) is 1.